The number of nitrogens with zero attached hydrogens (tertiary/aromatic N) is 1. The van der Waals surface area contributed by atoms with Crippen LogP contribution in [0.1, 0.15) is 41.5 Å². The van der Waals surface area contributed by atoms with Gasteiger partial charge in [0.25, 0.3) is 0 Å². The molecular weight excluding hydrogens is 355 g/mol. The molecule has 1 rings (SSSR count). The molecule has 0 fully saturated rings. The molecule has 0 aromatic rings. The van der Waals surface area contributed by atoms with Crippen molar-refractivity contribution < 1.29 is 18.2 Å². The summed E-state index contributed by atoms with van der Waals surface area (Å²) >= 11 is 2.22. The average molecular weight is 383 g/mol. The minimum atomic E-state index is -0.0175. The Kier molecular flexibility index (Phi) is 7.63. The number of likely N-dealkylation sites (N-methyl/N-ethyl adjacent to an activating group) is 1. The van der Waals surface area contributed by atoms with Gasteiger partial charge in [-0.15, -0.1) is 0 Å². The van der Waals surface area contributed by atoms with E-state index in [0.29, 0.717) is 16.4 Å². The molecule has 1 nitrogen and oxygen atoms in total. The topological polar surface area (TPSA) is 3.24 Å². The molecule has 111 valence electrons. The van der Waals surface area contributed by atoms with E-state index in [1.165, 1.54) is 0 Å². The van der Waals surface area contributed by atoms with Crippen LogP contribution in [0.15, 0.2) is 12.2 Å². The molecule has 0 aliphatic heterocycles. The van der Waals surface area contributed by atoms with Crippen molar-refractivity contribution in [2.24, 2.45) is 0 Å². The summed E-state index contributed by atoms with van der Waals surface area (Å²) in [5.74, 6) is 0. The third kappa shape index (κ3) is 4.88. The van der Waals surface area contributed by atoms with Crippen LogP contribution >= 0.6 is 17.5 Å². The molecule has 4 heteroatoms. The molecular formula is C14H28ClNPPd. The van der Waals surface area contributed by atoms with Crippen LogP contribution in [0.2, 0.25) is 0 Å². The van der Waals surface area contributed by atoms with Crippen molar-refractivity contribution in [1.29, 1.82) is 0 Å². The molecule has 0 N–H and O–H groups in total. The summed E-state index contributed by atoms with van der Waals surface area (Å²) in [5, 5.41) is 0.856. The first-order chi connectivity index (χ1) is 8.05. The molecule has 2 atom stereocenters. The fourth-order valence-corrected chi connectivity index (χ4v) is 7.67. The van der Waals surface area contributed by atoms with E-state index >= 15 is 0 Å². The first-order valence-electron chi connectivity index (χ1n) is 6.31. The van der Waals surface area contributed by atoms with Crippen molar-refractivity contribution in [2.45, 2.75) is 63.6 Å². The maximum atomic E-state index is 4.49. The number of rotatable bonds is 2. The predicted octanol–water partition coefficient (Wildman–Crippen LogP) is 4.62. The Morgan fingerprint density at radius 1 is 0.944 bits per heavy atom. The van der Waals surface area contributed by atoms with Gasteiger partial charge in [-0.25, -0.2) is 0 Å². The van der Waals surface area contributed by atoms with Crippen LogP contribution in [-0.4, -0.2) is 41.0 Å². The predicted molar refractivity (Wildman–Crippen MR) is 82.7 cm³/mol. The van der Waals surface area contributed by atoms with Crippen molar-refractivity contribution in [3.8, 4) is 0 Å². The van der Waals surface area contributed by atoms with Gasteiger partial charge in [0.05, 0.1) is 0 Å². The van der Waals surface area contributed by atoms with E-state index in [4.69, 9.17) is 0 Å². The van der Waals surface area contributed by atoms with Crippen molar-refractivity contribution in [2.75, 3.05) is 14.1 Å². The van der Waals surface area contributed by atoms with Gasteiger partial charge in [0, 0.05) is 11.7 Å². The average Bonchev–Trinajstić information content (AvgIpc) is 2.10. The van der Waals surface area contributed by atoms with E-state index in [-0.39, 0.29) is 7.92 Å². The molecule has 0 bridgehead atoms. The van der Waals surface area contributed by atoms with Crippen LogP contribution < -0.4 is 0 Å². The van der Waals surface area contributed by atoms with Gasteiger partial charge in [0.2, 0.25) is 0 Å². The summed E-state index contributed by atoms with van der Waals surface area (Å²) in [6.45, 7) is 14.4. The molecule has 0 heterocycles. The first-order valence-corrected chi connectivity index (χ1v) is 9.72. The van der Waals surface area contributed by atoms with Crippen LogP contribution in [0.25, 0.3) is 0 Å². The van der Waals surface area contributed by atoms with Crippen LogP contribution in [-0.2, 0) is 18.2 Å². The zero-order chi connectivity index (χ0) is 14.7. The van der Waals surface area contributed by atoms with E-state index < -0.39 is 0 Å². The second-order valence-electron chi connectivity index (χ2n) is 7.04. The van der Waals surface area contributed by atoms with Crippen LogP contribution in [0.4, 0.5) is 0 Å². The summed E-state index contributed by atoms with van der Waals surface area (Å²) in [4.78, 5) is 2.36. The van der Waals surface area contributed by atoms with E-state index in [9.17, 15) is 0 Å². The SMILES string of the molecule is CN(C)C1C=CC1P(C(C)(C)C)C(C)(C)C.[Cl][Pd]. The van der Waals surface area contributed by atoms with Crippen molar-refractivity contribution in [1.82, 2.24) is 4.90 Å². The van der Waals surface area contributed by atoms with E-state index in [0.717, 1.165) is 5.66 Å². The van der Waals surface area contributed by atoms with Gasteiger partial charge in [0.15, 0.2) is 0 Å². The van der Waals surface area contributed by atoms with Gasteiger partial charge in [-0.2, -0.15) is 0 Å². The van der Waals surface area contributed by atoms with Crippen LogP contribution in [0.3, 0.4) is 0 Å². The van der Waals surface area contributed by atoms with Crippen molar-refractivity contribution in [3.63, 3.8) is 0 Å². The quantitative estimate of drug-likeness (QED) is 0.382. The maximum absolute atomic E-state index is 4.49. The summed E-state index contributed by atoms with van der Waals surface area (Å²) in [6.07, 6.45) is 4.80. The Morgan fingerprint density at radius 2 is 1.33 bits per heavy atom. The second kappa shape index (κ2) is 7.19. The number of halogens is 1. The Labute approximate surface area is 130 Å². The molecule has 0 radical (unpaired) electrons. The van der Waals surface area contributed by atoms with E-state index in [1.807, 2.05) is 0 Å². The van der Waals surface area contributed by atoms with Crippen molar-refractivity contribution in [3.05, 3.63) is 12.2 Å². The molecule has 0 aromatic heterocycles. The summed E-state index contributed by atoms with van der Waals surface area (Å²) in [5.41, 5.74) is 0.769. The molecule has 0 aromatic carbocycles. The van der Waals surface area contributed by atoms with Gasteiger partial charge in [-0.05, 0) is 24.4 Å². The third-order valence-electron chi connectivity index (χ3n) is 3.20. The fourth-order valence-electron chi connectivity index (χ4n) is 2.93. The molecule has 0 amide bonds. The molecule has 0 spiro atoms. The van der Waals surface area contributed by atoms with Gasteiger partial charge in [-0.1, -0.05) is 61.6 Å². The van der Waals surface area contributed by atoms with Crippen LogP contribution in [0.5, 0.6) is 0 Å². The molecule has 0 saturated heterocycles. The molecule has 2 unspecified atom stereocenters. The standard InChI is InChI=1S/C14H28NP.ClH.Pd/c1-13(2,3)16(14(4,5)6)12-10-9-11(12)15(7)8;;/h9-12H,1-8H3;1H;/q;;+1/p-1. The minimum absolute atomic E-state index is 0.0175. The van der Waals surface area contributed by atoms with Gasteiger partial charge >= 0.3 is 27.7 Å². The number of hydrogen-bond donors (Lipinski definition) is 0. The van der Waals surface area contributed by atoms with E-state index in [1.54, 1.807) is 0 Å². The van der Waals surface area contributed by atoms with Gasteiger partial charge in [-0.3, -0.25) is 0 Å². The Bertz CT molecular complexity index is 264. The zero-order valence-corrected chi connectivity index (χ0v) is 16.1. The molecule has 0 saturated carbocycles. The summed E-state index contributed by atoms with van der Waals surface area (Å²) < 4.78 is 0. The van der Waals surface area contributed by atoms with Crippen molar-refractivity contribution >= 4 is 17.5 Å². The van der Waals surface area contributed by atoms with Gasteiger partial charge < -0.3 is 4.90 Å². The van der Waals surface area contributed by atoms with E-state index in [2.05, 4.69) is 100 Å². The normalized spacial score (nSPS) is 23.8. The Balaban J connectivity index is 0.00000137. The second-order valence-corrected chi connectivity index (χ2v) is 11.1. The third-order valence-corrected chi connectivity index (χ3v) is 7.16. The monoisotopic (exact) mass is 382 g/mol. The van der Waals surface area contributed by atoms with Gasteiger partial charge in [0.1, 0.15) is 0 Å². The zero-order valence-electron chi connectivity index (χ0n) is 12.9. The Morgan fingerprint density at radius 3 is 1.50 bits per heavy atom. The summed E-state index contributed by atoms with van der Waals surface area (Å²) in [6, 6.07) is 0.657. The molecule has 1 aliphatic rings. The fraction of sp³-hybridized carbons (Fsp3) is 0.857. The van der Waals surface area contributed by atoms with Crippen LogP contribution in [0, 0.1) is 0 Å². The molecule has 18 heavy (non-hydrogen) atoms. The summed E-state index contributed by atoms with van der Waals surface area (Å²) in [7, 11) is 8.86. The molecule has 1 aliphatic carbocycles. The number of hydrogen-bond acceptors (Lipinski definition) is 1. The Hall–Kier alpha value is 1.08. The first kappa shape index (κ1) is 19.1.